The second kappa shape index (κ2) is 7.04. The second-order valence-electron chi connectivity index (χ2n) is 6.42. The Hall–Kier alpha value is -3.08. The summed E-state index contributed by atoms with van der Waals surface area (Å²) in [6.45, 7) is 1.05. The zero-order valence-electron chi connectivity index (χ0n) is 14.7. The third-order valence-electron chi connectivity index (χ3n) is 4.70. The number of carbonyl (C=O) groups is 1. The lowest BCUT2D eigenvalue weighted by Gasteiger charge is -2.11. The molecule has 0 spiro atoms. The van der Waals surface area contributed by atoms with Crippen LogP contribution in [0, 0.1) is 0 Å². The Labute approximate surface area is 152 Å². The first-order valence-electron chi connectivity index (χ1n) is 8.85. The van der Waals surface area contributed by atoms with Gasteiger partial charge in [0.05, 0.1) is 18.4 Å². The van der Waals surface area contributed by atoms with Crippen molar-refractivity contribution in [2.75, 3.05) is 12.4 Å². The molecule has 1 amide bonds. The summed E-state index contributed by atoms with van der Waals surface area (Å²) in [7, 11) is 1.56. The fourth-order valence-corrected chi connectivity index (χ4v) is 3.31. The predicted molar refractivity (Wildman–Crippen MR) is 102 cm³/mol. The molecule has 26 heavy (non-hydrogen) atoms. The minimum atomic E-state index is -0.187. The van der Waals surface area contributed by atoms with Gasteiger partial charge in [-0.3, -0.25) is 4.79 Å². The number of fused-ring (bicyclic) bond motifs is 1. The van der Waals surface area contributed by atoms with E-state index in [0.717, 1.165) is 29.9 Å². The molecule has 5 heteroatoms. The molecule has 1 N–H and O–H groups in total. The van der Waals surface area contributed by atoms with Crippen molar-refractivity contribution in [3.63, 3.8) is 0 Å². The average Bonchev–Trinajstić information content (AvgIpc) is 3.12. The topological polar surface area (TPSA) is 56.1 Å². The van der Waals surface area contributed by atoms with Crippen molar-refractivity contribution in [2.24, 2.45) is 0 Å². The molecule has 0 atom stereocenters. The van der Waals surface area contributed by atoms with Crippen molar-refractivity contribution in [1.29, 1.82) is 0 Å². The quantitative estimate of drug-likeness (QED) is 0.771. The van der Waals surface area contributed by atoms with Crippen LogP contribution in [0.2, 0.25) is 0 Å². The molecule has 0 saturated carbocycles. The molecule has 0 aliphatic carbocycles. The van der Waals surface area contributed by atoms with Crippen LogP contribution in [-0.2, 0) is 13.0 Å². The fraction of sp³-hybridized carbons (Fsp3) is 0.238. The highest BCUT2D eigenvalue weighted by Gasteiger charge is 2.14. The van der Waals surface area contributed by atoms with E-state index in [4.69, 9.17) is 9.72 Å². The predicted octanol–water partition coefficient (Wildman–Crippen LogP) is 4.15. The molecule has 0 fully saturated rings. The number of amides is 1. The Morgan fingerprint density at radius 2 is 1.92 bits per heavy atom. The highest BCUT2D eigenvalue weighted by atomic mass is 16.5. The van der Waals surface area contributed by atoms with Crippen LogP contribution in [0.3, 0.4) is 0 Å². The summed E-state index contributed by atoms with van der Waals surface area (Å²) < 4.78 is 7.50. The number of rotatable bonds is 4. The van der Waals surface area contributed by atoms with Crippen LogP contribution in [0.1, 0.15) is 29.0 Å². The number of aryl methyl sites for hydroxylation is 2. The van der Waals surface area contributed by atoms with Crippen molar-refractivity contribution in [2.45, 2.75) is 25.8 Å². The van der Waals surface area contributed by atoms with Gasteiger partial charge >= 0.3 is 0 Å². The zero-order chi connectivity index (χ0) is 17.9. The summed E-state index contributed by atoms with van der Waals surface area (Å²) in [6, 6.07) is 15.0. The van der Waals surface area contributed by atoms with E-state index in [1.807, 2.05) is 36.4 Å². The maximum Gasteiger partial charge on any atom is 0.259 e. The standard InChI is InChI=1S/C21H21N3O2/c1-26-19-7-3-2-6-17(19)21(25)22-16-11-9-15(10-12-16)18-14-24-13-5-4-8-20(24)23-18/h2-3,6-7,9-12,14H,4-5,8,13H2,1H3,(H,22,25). The van der Waals surface area contributed by atoms with E-state index in [9.17, 15) is 4.79 Å². The van der Waals surface area contributed by atoms with E-state index in [2.05, 4.69) is 16.1 Å². The molecule has 0 radical (unpaired) electrons. The maximum atomic E-state index is 12.5. The van der Waals surface area contributed by atoms with Gasteiger partial charge in [0.1, 0.15) is 11.6 Å². The van der Waals surface area contributed by atoms with E-state index in [1.54, 1.807) is 19.2 Å². The van der Waals surface area contributed by atoms with Crippen LogP contribution in [-0.4, -0.2) is 22.6 Å². The van der Waals surface area contributed by atoms with Crippen molar-refractivity contribution >= 4 is 11.6 Å². The lowest BCUT2D eigenvalue weighted by Crippen LogP contribution is -2.12. The second-order valence-corrected chi connectivity index (χ2v) is 6.42. The summed E-state index contributed by atoms with van der Waals surface area (Å²) in [5.41, 5.74) is 3.31. The molecule has 3 aromatic rings. The van der Waals surface area contributed by atoms with Crippen LogP contribution in [0.5, 0.6) is 5.75 Å². The average molecular weight is 347 g/mol. The van der Waals surface area contributed by atoms with Crippen LogP contribution < -0.4 is 10.1 Å². The minimum absolute atomic E-state index is 0.187. The summed E-state index contributed by atoms with van der Waals surface area (Å²) in [5, 5.41) is 2.92. The van der Waals surface area contributed by atoms with Crippen molar-refractivity contribution in [3.8, 4) is 17.0 Å². The molecule has 0 bridgehead atoms. The van der Waals surface area contributed by atoms with Gasteiger partial charge in [-0.2, -0.15) is 0 Å². The Kier molecular flexibility index (Phi) is 4.44. The largest absolute Gasteiger partial charge is 0.496 e. The summed E-state index contributed by atoms with van der Waals surface area (Å²) >= 11 is 0. The lowest BCUT2D eigenvalue weighted by atomic mass is 10.1. The van der Waals surface area contributed by atoms with E-state index >= 15 is 0 Å². The molecule has 0 saturated heterocycles. The number of para-hydroxylation sites is 1. The SMILES string of the molecule is COc1ccccc1C(=O)Nc1ccc(-c2cn3c(n2)CCCC3)cc1. The maximum absolute atomic E-state index is 12.5. The summed E-state index contributed by atoms with van der Waals surface area (Å²) in [5.74, 6) is 1.54. The Balaban J connectivity index is 1.51. The first-order valence-corrected chi connectivity index (χ1v) is 8.85. The van der Waals surface area contributed by atoms with Gasteiger partial charge in [-0.1, -0.05) is 24.3 Å². The number of carbonyl (C=O) groups excluding carboxylic acids is 1. The molecule has 2 heterocycles. The van der Waals surface area contributed by atoms with Gasteiger partial charge < -0.3 is 14.6 Å². The Morgan fingerprint density at radius 3 is 2.69 bits per heavy atom. The molecule has 4 rings (SSSR count). The van der Waals surface area contributed by atoms with Gasteiger partial charge in [0.2, 0.25) is 0 Å². The van der Waals surface area contributed by atoms with Crippen LogP contribution >= 0.6 is 0 Å². The fourth-order valence-electron chi connectivity index (χ4n) is 3.31. The van der Waals surface area contributed by atoms with Gasteiger partial charge in [0.25, 0.3) is 5.91 Å². The minimum Gasteiger partial charge on any atom is -0.496 e. The molecule has 0 unspecified atom stereocenters. The number of ether oxygens (including phenoxy) is 1. The van der Waals surface area contributed by atoms with Gasteiger partial charge in [0.15, 0.2) is 0 Å². The highest BCUT2D eigenvalue weighted by Crippen LogP contribution is 2.25. The highest BCUT2D eigenvalue weighted by molar-refractivity contribution is 6.06. The van der Waals surface area contributed by atoms with Crippen molar-refractivity contribution in [1.82, 2.24) is 9.55 Å². The van der Waals surface area contributed by atoms with E-state index in [-0.39, 0.29) is 5.91 Å². The summed E-state index contributed by atoms with van der Waals surface area (Å²) in [6.07, 6.45) is 5.60. The molecular weight excluding hydrogens is 326 g/mol. The van der Waals surface area contributed by atoms with Gasteiger partial charge in [-0.05, 0) is 37.1 Å². The molecule has 132 valence electrons. The number of anilines is 1. The first kappa shape index (κ1) is 16.4. The van der Waals surface area contributed by atoms with Crippen LogP contribution in [0.25, 0.3) is 11.3 Å². The van der Waals surface area contributed by atoms with Crippen LogP contribution in [0.4, 0.5) is 5.69 Å². The molecule has 5 nitrogen and oxygen atoms in total. The van der Waals surface area contributed by atoms with Gasteiger partial charge in [-0.25, -0.2) is 4.98 Å². The van der Waals surface area contributed by atoms with Crippen molar-refractivity contribution in [3.05, 3.63) is 66.1 Å². The normalized spacial score (nSPS) is 13.1. The molecular formula is C21H21N3O2. The number of hydrogen-bond donors (Lipinski definition) is 1. The van der Waals surface area contributed by atoms with Gasteiger partial charge in [-0.15, -0.1) is 0 Å². The smallest absolute Gasteiger partial charge is 0.259 e. The number of imidazole rings is 1. The number of nitrogens with zero attached hydrogens (tertiary/aromatic N) is 2. The van der Waals surface area contributed by atoms with E-state index in [1.165, 1.54) is 18.7 Å². The molecule has 2 aromatic carbocycles. The molecule has 1 aliphatic heterocycles. The van der Waals surface area contributed by atoms with Gasteiger partial charge in [0, 0.05) is 30.4 Å². The number of nitrogens with one attached hydrogen (secondary N) is 1. The molecule has 1 aliphatic rings. The van der Waals surface area contributed by atoms with Crippen molar-refractivity contribution < 1.29 is 9.53 Å². The number of methoxy groups -OCH3 is 1. The number of hydrogen-bond acceptors (Lipinski definition) is 3. The number of aromatic nitrogens is 2. The summed E-state index contributed by atoms with van der Waals surface area (Å²) in [4.78, 5) is 17.2. The lowest BCUT2D eigenvalue weighted by molar-refractivity contribution is 0.102. The molecule has 1 aromatic heterocycles. The Bertz CT molecular complexity index is 905. The van der Waals surface area contributed by atoms with E-state index < -0.39 is 0 Å². The zero-order valence-corrected chi connectivity index (χ0v) is 14.7. The first-order chi connectivity index (χ1) is 12.7. The van der Waals surface area contributed by atoms with Crippen LogP contribution in [0.15, 0.2) is 54.7 Å². The third kappa shape index (κ3) is 3.20. The third-order valence-corrected chi connectivity index (χ3v) is 4.70. The Morgan fingerprint density at radius 1 is 1.12 bits per heavy atom. The monoisotopic (exact) mass is 347 g/mol. The van der Waals surface area contributed by atoms with E-state index in [0.29, 0.717) is 11.3 Å². The number of benzene rings is 2.